The Labute approximate surface area is 196 Å². The molecular weight excluding hydrogens is 508 g/mol. The molecule has 2 aromatic rings. The first kappa shape index (κ1) is 24.6. The molecule has 0 saturated carbocycles. The zero-order valence-corrected chi connectivity index (χ0v) is 19.6. The third-order valence-electron chi connectivity index (χ3n) is 5.45. The Morgan fingerprint density at radius 1 is 1.34 bits per heavy atom. The van der Waals surface area contributed by atoms with Crippen molar-refractivity contribution in [2.75, 3.05) is 13.2 Å². The molecule has 1 aliphatic rings. The van der Waals surface area contributed by atoms with Crippen LogP contribution < -0.4 is 0 Å². The van der Waals surface area contributed by atoms with Gasteiger partial charge in [0.15, 0.2) is 0 Å². The zero-order chi connectivity index (χ0) is 23.3. The SMILES string of the molecule is O=C(O)c1ccc(CCCN2C(=O)OCC[C@@H]2CC[C@@H](O)C(F)(F)c2cccc(Br)c2)s1. The number of carbonyl (C=O) groups is 2. The summed E-state index contributed by atoms with van der Waals surface area (Å²) in [6.45, 7) is 0.576. The zero-order valence-electron chi connectivity index (χ0n) is 17.2. The Kier molecular flexibility index (Phi) is 8.24. The minimum absolute atomic E-state index is 0.166. The number of carboxylic acid groups (broad SMARTS) is 1. The van der Waals surface area contributed by atoms with Crippen LogP contribution in [-0.2, 0) is 17.1 Å². The molecule has 1 saturated heterocycles. The van der Waals surface area contributed by atoms with E-state index in [4.69, 9.17) is 9.84 Å². The third kappa shape index (κ3) is 6.05. The maximum atomic E-state index is 14.7. The van der Waals surface area contributed by atoms with Crippen molar-refractivity contribution in [1.29, 1.82) is 0 Å². The number of aromatic carboxylic acids is 1. The van der Waals surface area contributed by atoms with Gasteiger partial charge in [0.05, 0.1) is 6.61 Å². The van der Waals surface area contributed by atoms with E-state index in [1.54, 1.807) is 18.2 Å². The second-order valence-electron chi connectivity index (χ2n) is 7.65. The number of cyclic esters (lactones) is 1. The number of alkyl halides is 2. The van der Waals surface area contributed by atoms with Crippen LogP contribution in [-0.4, -0.2) is 52.5 Å². The molecule has 2 N–H and O–H groups in total. The van der Waals surface area contributed by atoms with Crippen molar-refractivity contribution in [1.82, 2.24) is 4.90 Å². The lowest BCUT2D eigenvalue weighted by Crippen LogP contribution is -2.47. The maximum absolute atomic E-state index is 14.7. The number of aryl methyl sites for hydroxylation is 1. The van der Waals surface area contributed by atoms with Crippen LogP contribution in [0.1, 0.15) is 45.8 Å². The van der Waals surface area contributed by atoms with Crippen LogP contribution in [0.2, 0.25) is 0 Å². The number of benzene rings is 1. The van der Waals surface area contributed by atoms with Crippen LogP contribution in [0.25, 0.3) is 0 Å². The summed E-state index contributed by atoms with van der Waals surface area (Å²) < 4.78 is 35.0. The van der Waals surface area contributed by atoms with Gasteiger partial charge in [0.1, 0.15) is 11.0 Å². The Hall–Kier alpha value is -2.04. The first-order valence-electron chi connectivity index (χ1n) is 10.3. The summed E-state index contributed by atoms with van der Waals surface area (Å²) >= 11 is 4.36. The highest BCUT2D eigenvalue weighted by Crippen LogP contribution is 2.36. The van der Waals surface area contributed by atoms with E-state index < -0.39 is 24.1 Å². The molecule has 10 heteroatoms. The summed E-state index contributed by atoms with van der Waals surface area (Å²) in [5.41, 5.74) is -0.268. The van der Waals surface area contributed by atoms with E-state index in [1.807, 2.05) is 0 Å². The van der Waals surface area contributed by atoms with Crippen molar-refractivity contribution in [2.24, 2.45) is 0 Å². The first-order valence-corrected chi connectivity index (χ1v) is 11.9. The van der Waals surface area contributed by atoms with Gasteiger partial charge in [-0.15, -0.1) is 11.3 Å². The van der Waals surface area contributed by atoms with Gasteiger partial charge in [-0.2, -0.15) is 8.78 Å². The molecule has 1 aliphatic heterocycles. The lowest BCUT2D eigenvalue weighted by Gasteiger charge is -2.36. The van der Waals surface area contributed by atoms with Gasteiger partial charge in [0, 0.05) is 33.9 Å². The molecule has 2 heterocycles. The number of hydrogen-bond donors (Lipinski definition) is 2. The average Bonchev–Trinajstić information content (AvgIpc) is 3.23. The number of thiophene rings is 1. The van der Waals surface area contributed by atoms with Gasteiger partial charge >= 0.3 is 12.1 Å². The molecule has 1 amide bonds. The van der Waals surface area contributed by atoms with Crippen LogP contribution in [0.5, 0.6) is 0 Å². The van der Waals surface area contributed by atoms with Gasteiger partial charge in [-0.25, -0.2) is 9.59 Å². The van der Waals surface area contributed by atoms with Crippen LogP contribution in [0.4, 0.5) is 13.6 Å². The van der Waals surface area contributed by atoms with Gasteiger partial charge < -0.3 is 19.8 Å². The van der Waals surface area contributed by atoms with E-state index in [0.717, 1.165) is 4.88 Å². The van der Waals surface area contributed by atoms with Gasteiger partial charge in [0.25, 0.3) is 5.92 Å². The molecule has 0 spiro atoms. The van der Waals surface area contributed by atoms with E-state index in [2.05, 4.69) is 15.9 Å². The molecule has 0 radical (unpaired) electrons. The molecule has 0 bridgehead atoms. The molecule has 32 heavy (non-hydrogen) atoms. The molecule has 0 unspecified atom stereocenters. The predicted molar refractivity (Wildman–Crippen MR) is 119 cm³/mol. The number of halogens is 3. The number of rotatable bonds is 10. The number of amides is 1. The number of hydrogen-bond acceptors (Lipinski definition) is 5. The quantitative estimate of drug-likeness (QED) is 0.435. The van der Waals surface area contributed by atoms with E-state index >= 15 is 0 Å². The Bertz CT molecular complexity index is 954. The smallest absolute Gasteiger partial charge is 0.410 e. The summed E-state index contributed by atoms with van der Waals surface area (Å²) in [5.74, 6) is -4.38. The van der Waals surface area contributed by atoms with Crippen LogP contribution >= 0.6 is 27.3 Å². The van der Waals surface area contributed by atoms with Crippen molar-refractivity contribution >= 4 is 39.3 Å². The lowest BCUT2D eigenvalue weighted by molar-refractivity contribution is -0.120. The highest BCUT2D eigenvalue weighted by atomic mass is 79.9. The second-order valence-corrected chi connectivity index (χ2v) is 9.74. The minimum atomic E-state index is -3.41. The molecule has 1 fully saturated rings. The topological polar surface area (TPSA) is 87.1 Å². The maximum Gasteiger partial charge on any atom is 0.410 e. The summed E-state index contributed by atoms with van der Waals surface area (Å²) in [6, 6.07) is 8.68. The molecule has 174 valence electrons. The Morgan fingerprint density at radius 2 is 2.12 bits per heavy atom. The van der Waals surface area contributed by atoms with Crippen LogP contribution in [0.3, 0.4) is 0 Å². The normalized spacial score (nSPS) is 17.8. The Morgan fingerprint density at radius 3 is 2.81 bits per heavy atom. The molecular formula is C22H24BrF2NO5S. The second kappa shape index (κ2) is 10.7. The summed E-state index contributed by atoms with van der Waals surface area (Å²) in [4.78, 5) is 25.9. The van der Waals surface area contributed by atoms with Crippen molar-refractivity contribution in [2.45, 2.75) is 50.2 Å². The van der Waals surface area contributed by atoms with Crippen molar-refractivity contribution in [3.63, 3.8) is 0 Å². The van der Waals surface area contributed by atoms with Crippen molar-refractivity contribution < 1.29 is 33.3 Å². The largest absolute Gasteiger partial charge is 0.477 e. The molecule has 2 atom stereocenters. The predicted octanol–water partition coefficient (Wildman–Crippen LogP) is 5.29. The number of aliphatic hydroxyl groups is 1. The number of aliphatic hydroxyl groups excluding tert-OH is 1. The van der Waals surface area contributed by atoms with Gasteiger partial charge in [-0.05, 0) is 49.9 Å². The highest BCUT2D eigenvalue weighted by molar-refractivity contribution is 9.10. The fourth-order valence-corrected chi connectivity index (χ4v) is 5.00. The van der Waals surface area contributed by atoms with E-state index in [0.29, 0.717) is 30.3 Å². The molecule has 3 rings (SSSR count). The molecule has 0 aliphatic carbocycles. The number of ether oxygens (including phenoxy) is 1. The van der Waals surface area contributed by atoms with Crippen molar-refractivity contribution in [3.05, 3.63) is 56.2 Å². The van der Waals surface area contributed by atoms with E-state index in [9.17, 15) is 23.5 Å². The van der Waals surface area contributed by atoms with Crippen LogP contribution in [0.15, 0.2) is 40.9 Å². The van der Waals surface area contributed by atoms with Gasteiger partial charge in [-0.1, -0.05) is 28.1 Å². The summed E-state index contributed by atoms with van der Waals surface area (Å²) in [7, 11) is 0. The molecule has 1 aromatic carbocycles. The van der Waals surface area contributed by atoms with Gasteiger partial charge in [-0.3, -0.25) is 0 Å². The number of nitrogens with zero attached hydrogens (tertiary/aromatic N) is 1. The average molecular weight is 532 g/mol. The summed E-state index contributed by atoms with van der Waals surface area (Å²) in [5, 5.41) is 19.2. The fraction of sp³-hybridized carbons (Fsp3) is 0.455. The van der Waals surface area contributed by atoms with E-state index in [-0.39, 0.29) is 35.9 Å². The number of carbonyl (C=O) groups excluding carboxylic acids is 1. The van der Waals surface area contributed by atoms with Crippen LogP contribution in [0, 0.1) is 0 Å². The molecule has 1 aromatic heterocycles. The fourth-order valence-electron chi connectivity index (χ4n) is 3.71. The minimum Gasteiger partial charge on any atom is -0.477 e. The van der Waals surface area contributed by atoms with Crippen molar-refractivity contribution in [3.8, 4) is 0 Å². The lowest BCUT2D eigenvalue weighted by atomic mass is 9.96. The van der Waals surface area contributed by atoms with Gasteiger partial charge in [0.2, 0.25) is 0 Å². The number of carboxylic acids is 1. The summed E-state index contributed by atoms with van der Waals surface area (Å²) in [6.07, 6.45) is -0.629. The monoisotopic (exact) mass is 531 g/mol. The third-order valence-corrected chi connectivity index (χ3v) is 7.07. The first-order chi connectivity index (χ1) is 15.2. The van der Waals surface area contributed by atoms with E-state index in [1.165, 1.54) is 34.4 Å². The standard InChI is InChI=1S/C22H24BrF2NO5S/c23-15-4-1-3-14(13-15)22(24,25)19(27)9-6-16-10-12-31-21(30)26(16)11-2-5-17-7-8-18(32-17)20(28)29/h1,3-4,7-8,13,16,19,27H,2,5-6,9-12H2,(H,28,29)/t16-,19+/m0/s1. The Balaban J connectivity index is 1.56. The highest BCUT2D eigenvalue weighted by Gasteiger charge is 2.41. The molecule has 6 nitrogen and oxygen atoms in total.